The average molecular weight is 275 g/mol. The molecule has 2 aromatic heterocycles. The van der Waals surface area contributed by atoms with Gasteiger partial charge in [0.1, 0.15) is 0 Å². The maximum absolute atomic E-state index is 4.52. The van der Waals surface area contributed by atoms with Crippen molar-refractivity contribution in [2.75, 3.05) is 0 Å². The van der Waals surface area contributed by atoms with Crippen molar-refractivity contribution in [3.05, 3.63) is 35.4 Å². The fraction of sp³-hybridized carbons (Fsp3) is 0.600. The average Bonchev–Trinajstić information content (AvgIpc) is 2.98. The molecule has 0 unspecified atom stereocenters. The number of aryl methyl sites for hydroxylation is 2. The number of rotatable bonds is 7. The zero-order valence-corrected chi connectivity index (χ0v) is 12.9. The van der Waals surface area contributed by atoms with E-state index in [1.54, 1.807) is 0 Å². The van der Waals surface area contributed by atoms with E-state index in [0.29, 0.717) is 5.92 Å². The van der Waals surface area contributed by atoms with Crippen LogP contribution in [0.3, 0.4) is 0 Å². The maximum Gasteiger partial charge on any atom is 0.0653 e. The Balaban J connectivity index is 1.85. The van der Waals surface area contributed by atoms with E-state index in [-0.39, 0.29) is 0 Å². The van der Waals surface area contributed by atoms with Crippen LogP contribution in [0.1, 0.15) is 50.1 Å². The van der Waals surface area contributed by atoms with Crippen LogP contribution in [0.25, 0.3) is 0 Å². The van der Waals surface area contributed by atoms with Crippen molar-refractivity contribution in [3.8, 4) is 0 Å². The molecule has 0 saturated heterocycles. The minimum atomic E-state index is 0.474. The van der Waals surface area contributed by atoms with Crippen LogP contribution >= 0.6 is 0 Å². The largest absolute Gasteiger partial charge is 0.307 e. The lowest BCUT2D eigenvalue weighted by Gasteiger charge is -2.03. The fourth-order valence-corrected chi connectivity index (χ4v) is 2.16. The Kier molecular flexibility index (Phi) is 4.95. The number of hydrogen-bond acceptors (Lipinski definition) is 3. The van der Waals surface area contributed by atoms with Gasteiger partial charge in [-0.3, -0.25) is 9.36 Å². The predicted octanol–water partition coefficient (Wildman–Crippen LogP) is 2.44. The molecule has 0 aliphatic heterocycles. The van der Waals surface area contributed by atoms with E-state index in [1.807, 2.05) is 22.6 Å². The summed E-state index contributed by atoms with van der Waals surface area (Å²) in [7, 11) is 2.00. The SMILES string of the molecule is CCCn1cc(CNCc2cc(C(C)C)nn2C)cn1. The number of aromatic nitrogens is 4. The smallest absolute Gasteiger partial charge is 0.0653 e. The highest BCUT2D eigenvalue weighted by Gasteiger charge is 2.08. The van der Waals surface area contributed by atoms with Gasteiger partial charge >= 0.3 is 0 Å². The van der Waals surface area contributed by atoms with Crippen LogP contribution in [-0.2, 0) is 26.7 Å². The molecular formula is C15H25N5. The molecule has 0 spiro atoms. The van der Waals surface area contributed by atoms with Crippen molar-refractivity contribution in [1.82, 2.24) is 24.9 Å². The van der Waals surface area contributed by atoms with Gasteiger partial charge in [-0.1, -0.05) is 20.8 Å². The zero-order valence-electron chi connectivity index (χ0n) is 12.9. The molecule has 0 aliphatic carbocycles. The molecular weight excluding hydrogens is 250 g/mol. The summed E-state index contributed by atoms with van der Waals surface area (Å²) in [6.45, 7) is 9.15. The maximum atomic E-state index is 4.52. The standard InChI is InChI=1S/C15H25N5/c1-5-6-20-11-13(9-17-20)8-16-10-14-7-15(12(2)3)18-19(14)4/h7,9,11-12,16H,5-6,8,10H2,1-4H3. The second-order valence-electron chi connectivity index (χ2n) is 5.55. The summed E-state index contributed by atoms with van der Waals surface area (Å²) in [5, 5.41) is 12.3. The molecule has 0 atom stereocenters. The van der Waals surface area contributed by atoms with Crippen molar-refractivity contribution >= 4 is 0 Å². The molecule has 5 nitrogen and oxygen atoms in total. The monoisotopic (exact) mass is 275 g/mol. The van der Waals surface area contributed by atoms with Gasteiger partial charge in [0.15, 0.2) is 0 Å². The van der Waals surface area contributed by atoms with Crippen LogP contribution in [0.5, 0.6) is 0 Å². The van der Waals surface area contributed by atoms with Gasteiger partial charge in [-0.05, 0) is 18.4 Å². The number of nitrogens with zero attached hydrogens (tertiary/aromatic N) is 4. The summed E-state index contributed by atoms with van der Waals surface area (Å²) < 4.78 is 3.96. The Labute approximate surface area is 121 Å². The van der Waals surface area contributed by atoms with Crippen LogP contribution in [0, 0.1) is 0 Å². The lowest BCUT2D eigenvalue weighted by atomic mass is 10.1. The van der Waals surface area contributed by atoms with Gasteiger partial charge in [0.25, 0.3) is 0 Å². The van der Waals surface area contributed by atoms with Crippen molar-refractivity contribution in [1.29, 1.82) is 0 Å². The first-order valence-electron chi connectivity index (χ1n) is 7.35. The number of hydrogen-bond donors (Lipinski definition) is 1. The lowest BCUT2D eigenvalue weighted by Crippen LogP contribution is -2.14. The summed E-state index contributed by atoms with van der Waals surface area (Å²) in [5.74, 6) is 0.474. The third-order valence-electron chi connectivity index (χ3n) is 3.36. The molecule has 0 aliphatic rings. The normalized spacial score (nSPS) is 11.4. The van der Waals surface area contributed by atoms with E-state index < -0.39 is 0 Å². The van der Waals surface area contributed by atoms with E-state index in [0.717, 1.165) is 31.7 Å². The van der Waals surface area contributed by atoms with Gasteiger partial charge < -0.3 is 5.32 Å². The summed E-state index contributed by atoms with van der Waals surface area (Å²) >= 11 is 0. The summed E-state index contributed by atoms with van der Waals surface area (Å²) in [6, 6.07) is 2.18. The molecule has 5 heteroatoms. The lowest BCUT2D eigenvalue weighted by molar-refractivity contribution is 0.599. The van der Waals surface area contributed by atoms with Crippen molar-refractivity contribution in [3.63, 3.8) is 0 Å². The Morgan fingerprint density at radius 3 is 2.75 bits per heavy atom. The second kappa shape index (κ2) is 6.70. The van der Waals surface area contributed by atoms with Gasteiger partial charge in [0.05, 0.1) is 17.6 Å². The molecule has 0 aromatic carbocycles. The fourth-order valence-electron chi connectivity index (χ4n) is 2.16. The van der Waals surface area contributed by atoms with Crippen molar-refractivity contribution < 1.29 is 0 Å². The van der Waals surface area contributed by atoms with Gasteiger partial charge in [-0.2, -0.15) is 10.2 Å². The molecule has 0 amide bonds. The van der Waals surface area contributed by atoms with E-state index in [1.165, 1.54) is 11.3 Å². The van der Waals surface area contributed by atoms with E-state index >= 15 is 0 Å². The minimum Gasteiger partial charge on any atom is -0.307 e. The van der Waals surface area contributed by atoms with Crippen LogP contribution < -0.4 is 5.32 Å². The zero-order chi connectivity index (χ0) is 14.5. The van der Waals surface area contributed by atoms with Gasteiger partial charge in [-0.25, -0.2) is 0 Å². The Bertz CT molecular complexity index is 538. The van der Waals surface area contributed by atoms with E-state index in [9.17, 15) is 0 Å². The molecule has 1 N–H and O–H groups in total. The van der Waals surface area contributed by atoms with Crippen molar-refractivity contribution in [2.24, 2.45) is 7.05 Å². The summed E-state index contributed by atoms with van der Waals surface area (Å²) in [5.41, 5.74) is 3.60. The van der Waals surface area contributed by atoms with Crippen LogP contribution in [-0.4, -0.2) is 19.6 Å². The van der Waals surface area contributed by atoms with E-state index in [4.69, 9.17) is 0 Å². The summed E-state index contributed by atoms with van der Waals surface area (Å²) in [4.78, 5) is 0. The highest BCUT2D eigenvalue weighted by Crippen LogP contribution is 2.13. The van der Waals surface area contributed by atoms with Gasteiger partial charge in [0.2, 0.25) is 0 Å². The quantitative estimate of drug-likeness (QED) is 0.844. The molecule has 20 heavy (non-hydrogen) atoms. The van der Waals surface area contributed by atoms with Crippen LogP contribution in [0.4, 0.5) is 0 Å². The number of nitrogens with one attached hydrogen (secondary N) is 1. The molecule has 0 fully saturated rings. The molecule has 2 heterocycles. The first kappa shape index (κ1) is 14.8. The molecule has 0 bridgehead atoms. The van der Waals surface area contributed by atoms with E-state index in [2.05, 4.69) is 48.5 Å². The minimum absolute atomic E-state index is 0.474. The third-order valence-corrected chi connectivity index (χ3v) is 3.36. The topological polar surface area (TPSA) is 47.7 Å². The first-order chi connectivity index (χ1) is 9.60. The highest BCUT2D eigenvalue weighted by molar-refractivity contribution is 5.13. The second-order valence-corrected chi connectivity index (χ2v) is 5.55. The molecule has 0 radical (unpaired) electrons. The highest BCUT2D eigenvalue weighted by atomic mass is 15.3. The van der Waals surface area contributed by atoms with Crippen LogP contribution in [0.15, 0.2) is 18.5 Å². The first-order valence-corrected chi connectivity index (χ1v) is 7.35. The Hall–Kier alpha value is -1.62. The van der Waals surface area contributed by atoms with Gasteiger partial charge in [0, 0.05) is 38.4 Å². The molecule has 110 valence electrons. The predicted molar refractivity (Wildman–Crippen MR) is 80.4 cm³/mol. The molecule has 2 rings (SSSR count). The molecule has 0 saturated carbocycles. The Morgan fingerprint density at radius 2 is 2.10 bits per heavy atom. The molecule has 2 aromatic rings. The summed E-state index contributed by atoms with van der Waals surface area (Å²) in [6.07, 6.45) is 5.16. The third kappa shape index (κ3) is 3.70. The van der Waals surface area contributed by atoms with Gasteiger partial charge in [-0.15, -0.1) is 0 Å². The van der Waals surface area contributed by atoms with Crippen LogP contribution in [0.2, 0.25) is 0 Å². The van der Waals surface area contributed by atoms with Crippen molar-refractivity contribution in [2.45, 2.75) is 52.7 Å². The Morgan fingerprint density at radius 1 is 1.30 bits per heavy atom.